The van der Waals surface area contributed by atoms with Gasteiger partial charge in [-0.25, -0.2) is 0 Å². The van der Waals surface area contributed by atoms with Crippen LogP contribution in [-0.4, -0.2) is 16.6 Å². The largest absolute Gasteiger partial charge is 0.486 e. The van der Waals surface area contributed by atoms with Gasteiger partial charge < -0.3 is 15.2 Å². The van der Waals surface area contributed by atoms with E-state index < -0.39 is 23.4 Å². The fourth-order valence-electron chi connectivity index (χ4n) is 4.53. The van der Waals surface area contributed by atoms with Crippen molar-refractivity contribution >= 4 is 17.2 Å². The van der Waals surface area contributed by atoms with Crippen LogP contribution in [0.15, 0.2) is 42.5 Å². The maximum absolute atomic E-state index is 13.2. The van der Waals surface area contributed by atoms with Gasteiger partial charge in [-0.1, -0.05) is 26.0 Å². The van der Waals surface area contributed by atoms with Gasteiger partial charge in [-0.2, -0.15) is 13.2 Å². The summed E-state index contributed by atoms with van der Waals surface area (Å²) < 4.78 is 45.7. The summed E-state index contributed by atoms with van der Waals surface area (Å²) >= 11 is 0. The number of rotatable bonds is 4. The summed E-state index contributed by atoms with van der Waals surface area (Å²) in [5.74, 6) is -0.226. The smallest absolute Gasteiger partial charge is 0.416 e. The first-order chi connectivity index (χ1) is 15.1. The molecule has 0 radical (unpaired) electrons. The predicted molar refractivity (Wildman–Crippen MR) is 116 cm³/mol. The number of aliphatic hydroxyl groups excluding tert-OH is 1. The second-order valence-corrected chi connectivity index (χ2v) is 8.50. The van der Waals surface area contributed by atoms with Crippen LogP contribution in [0.25, 0.3) is 5.57 Å². The first-order valence-electron chi connectivity index (χ1n) is 10.9. The molecular formula is C25H26F3NO3. The van der Waals surface area contributed by atoms with Gasteiger partial charge in [-0.3, -0.25) is 4.79 Å². The summed E-state index contributed by atoms with van der Waals surface area (Å²) in [7, 11) is 0. The Bertz CT molecular complexity index is 1070. The van der Waals surface area contributed by atoms with E-state index in [-0.39, 0.29) is 11.7 Å². The van der Waals surface area contributed by atoms with Crippen LogP contribution in [0.5, 0.6) is 5.75 Å². The van der Waals surface area contributed by atoms with Crippen LogP contribution in [0.3, 0.4) is 0 Å². The van der Waals surface area contributed by atoms with E-state index in [2.05, 4.69) is 5.32 Å². The Hall–Kier alpha value is -2.80. The maximum Gasteiger partial charge on any atom is 0.416 e. The Morgan fingerprint density at radius 3 is 2.66 bits per heavy atom. The fraction of sp³-hybridized carbons (Fsp3) is 0.400. The molecule has 0 fully saturated rings. The molecule has 1 aliphatic heterocycles. The Kier molecular flexibility index (Phi) is 5.79. The van der Waals surface area contributed by atoms with Crippen LogP contribution in [-0.2, 0) is 17.4 Å². The highest BCUT2D eigenvalue weighted by atomic mass is 19.4. The van der Waals surface area contributed by atoms with E-state index in [1.54, 1.807) is 12.1 Å². The molecule has 1 unspecified atom stereocenters. The summed E-state index contributed by atoms with van der Waals surface area (Å²) in [6.07, 6.45) is -0.462. The first-order valence-corrected chi connectivity index (χ1v) is 10.9. The number of aliphatic hydroxyl groups is 1. The Balaban J connectivity index is 1.66. The van der Waals surface area contributed by atoms with Crippen molar-refractivity contribution in [3.8, 4) is 5.75 Å². The molecule has 7 heteroatoms. The lowest BCUT2D eigenvalue weighted by molar-refractivity contribution is -0.137. The first kappa shape index (κ1) is 22.4. The van der Waals surface area contributed by atoms with Gasteiger partial charge in [0.15, 0.2) is 0 Å². The van der Waals surface area contributed by atoms with E-state index in [1.807, 2.05) is 19.9 Å². The number of carbonyl (C=O) groups excluding carboxylic acids is 1. The minimum Gasteiger partial charge on any atom is -0.486 e. The summed E-state index contributed by atoms with van der Waals surface area (Å²) in [5.41, 5.74) is 2.16. The summed E-state index contributed by atoms with van der Waals surface area (Å²) in [4.78, 5) is 12.8. The second kappa shape index (κ2) is 8.28. The van der Waals surface area contributed by atoms with Gasteiger partial charge in [-0.05, 0) is 66.6 Å². The molecule has 0 bridgehead atoms. The molecule has 2 aliphatic rings. The van der Waals surface area contributed by atoms with Crippen molar-refractivity contribution in [3.05, 3.63) is 64.7 Å². The van der Waals surface area contributed by atoms with Gasteiger partial charge in [0.05, 0.1) is 11.7 Å². The lowest BCUT2D eigenvalue weighted by Crippen LogP contribution is -2.38. The SMILES string of the molecule is CCC1(CC)C/C(=C\C(=O)Nc2ccc3c(c2)C(O)CC3)c2ccc(C(F)(F)F)cc2O1. The van der Waals surface area contributed by atoms with Crippen LogP contribution in [0.2, 0.25) is 0 Å². The number of ether oxygens (including phenoxy) is 1. The molecule has 4 rings (SSSR count). The van der Waals surface area contributed by atoms with E-state index in [4.69, 9.17) is 4.74 Å². The van der Waals surface area contributed by atoms with Crippen molar-refractivity contribution in [1.29, 1.82) is 0 Å². The van der Waals surface area contributed by atoms with Crippen LogP contribution in [0.4, 0.5) is 18.9 Å². The number of carbonyl (C=O) groups is 1. The third kappa shape index (κ3) is 4.26. The number of aryl methyl sites for hydroxylation is 1. The molecule has 0 aromatic heterocycles. The molecule has 2 N–H and O–H groups in total. The average Bonchev–Trinajstić information content (AvgIpc) is 3.12. The number of nitrogens with one attached hydrogen (secondary N) is 1. The summed E-state index contributed by atoms with van der Waals surface area (Å²) in [6.45, 7) is 3.85. The third-order valence-electron chi connectivity index (χ3n) is 6.55. The zero-order valence-corrected chi connectivity index (χ0v) is 18.1. The van der Waals surface area contributed by atoms with Crippen molar-refractivity contribution in [3.63, 3.8) is 0 Å². The standard InChI is InChI=1S/C25H26F3NO3/c1-3-24(4-2)14-16(19-9-7-17(25(26,27)28)12-22(19)32-24)11-23(31)29-18-8-5-15-6-10-21(30)20(15)13-18/h5,7-9,11-13,21,30H,3-4,6,10,14H2,1-2H3,(H,29,31)/b16-11+. The molecule has 0 spiro atoms. The van der Waals surface area contributed by atoms with E-state index >= 15 is 0 Å². The quantitative estimate of drug-likeness (QED) is 0.564. The highest BCUT2D eigenvalue weighted by Gasteiger charge is 2.38. The minimum atomic E-state index is -4.48. The molecule has 2 aromatic rings. The fourth-order valence-corrected chi connectivity index (χ4v) is 4.53. The zero-order valence-electron chi connectivity index (χ0n) is 18.1. The van der Waals surface area contributed by atoms with Gasteiger partial charge in [0.1, 0.15) is 11.4 Å². The van der Waals surface area contributed by atoms with Gasteiger partial charge in [0.2, 0.25) is 5.91 Å². The van der Waals surface area contributed by atoms with Crippen molar-refractivity contribution in [2.24, 2.45) is 0 Å². The van der Waals surface area contributed by atoms with Crippen LogP contribution >= 0.6 is 0 Å². The van der Waals surface area contributed by atoms with Crippen LogP contribution in [0, 0.1) is 0 Å². The Morgan fingerprint density at radius 1 is 1.22 bits per heavy atom. The highest BCUT2D eigenvalue weighted by molar-refractivity contribution is 6.04. The highest BCUT2D eigenvalue weighted by Crippen LogP contribution is 2.45. The number of benzene rings is 2. The van der Waals surface area contributed by atoms with Crippen molar-refractivity contribution in [1.82, 2.24) is 0 Å². The van der Waals surface area contributed by atoms with Crippen molar-refractivity contribution in [2.75, 3.05) is 5.32 Å². The number of hydrogen-bond acceptors (Lipinski definition) is 3. The third-order valence-corrected chi connectivity index (χ3v) is 6.55. The number of amides is 1. The van der Waals surface area contributed by atoms with Crippen LogP contribution < -0.4 is 10.1 Å². The van der Waals surface area contributed by atoms with E-state index in [1.165, 1.54) is 12.1 Å². The monoisotopic (exact) mass is 445 g/mol. The lowest BCUT2D eigenvalue weighted by atomic mass is 9.83. The summed E-state index contributed by atoms with van der Waals surface area (Å²) in [6, 6.07) is 8.87. The number of halogens is 3. The molecule has 4 nitrogen and oxygen atoms in total. The molecule has 32 heavy (non-hydrogen) atoms. The Morgan fingerprint density at radius 2 is 1.97 bits per heavy atom. The number of hydrogen-bond donors (Lipinski definition) is 2. The molecule has 0 saturated carbocycles. The maximum atomic E-state index is 13.2. The second-order valence-electron chi connectivity index (χ2n) is 8.50. The predicted octanol–water partition coefficient (Wildman–Crippen LogP) is 6.05. The molecule has 1 aliphatic carbocycles. The van der Waals surface area contributed by atoms with Crippen molar-refractivity contribution < 1.29 is 27.8 Å². The minimum absolute atomic E-state index is 0.148. The Labute approximate surface area is 185 Å². The normalized spacial score (nSPS) is 20.4. The van der Waals surface area contributed by atoms with E-state index in [0.29, 0.717) is 42.5 Å². The molecule has 1 atom stereocenters. The molecular weight excluding hydrogens is 419 g/mol. The van der Waals surface area contributed by atoms with Crippen molar-refractivity contribution in [2.45, 2.75) is 63.8 Å². The lowest BCUT2D eigenvalue weighted by Gasteiger charge is -2.39. The molecule has 0 saturated heterocycles. The van der Waals surface area contributed by atoms with Gasteiger partial charge in [0, 0.05) is 23.7 Å². The number of anilines is 1. The van der Waals surface area contributed by atoms with Gasteiger partial charge in [0.25, 0.3) is 0 Å². The molecule has 1 heterocycles. The number of fused-ring (bicyclic) bond motifs is 2. The van der Waals surface area contributed by atoms with Crippen LogP contribution in [0.1, 0.15) is 67.9 Å². The van der Waals surface area contributed by atoms with Gasteiger partial charge in [-0.15, -0.1) is 0 Å². The zero-order chi connectivity index (χ0) is 23.1. The topological polar surface area (TPSA) is 58.6 Å². The molecule has 170 valence electrons. The average molecular weight is 445 g/mol. The molecule has 1 amide bonds. The summed E-state index contributed by atoms with van der Waals surface area (Å²) in [5, 5.41) is 12.9. The number of alkyl halides is 3. The van der Waals surface area contributed by atoms with E-state index in [9.17, 15) is 23.1 Å². The van der Waals surface area contributed by atoms with E-state index in [0.717, 1.165) is 29.7 Å². The van der Waals surface area contributed by atoms with Gasteiger partial charge >= 0.3 is 6.18 Å². The molecule has 2 aromatic carbocycles.